The highest BCUT2D eigenvalue weighted by atomic mass is 32.2. The number of carbonyl (C=O) groups excluding carboxylic acids is 2. The van der Waals surface area contributed by atoms with Gasteiger partial charge >= 0.3 is 6.03 Å². The number of hydrogen-bond donors (Lipinski definition) is 3. The van der Waals surface area contributed by atoms with Gasteiger partial charge in [-0.15, -0.1) is 0 Å². The Labute approximate surface area is 147 Å². The van der Waals surface area contributed by atoms with E-state index in [-0.39, 0.29) is 23.9 Å². The number of amides is 2. The molecule has 0 bridgehead atoms. The molecule has 138 valence electrons. The Morgan fingerprint density at radius 3 is 2.71 bits per heavy atom. The molecule has 0 aromatic carbocycles. The van der Waals surface area contributed by atoms with Gasteiger partial charge in [-0.1, -0.05) is 6.42 Å². The maximum Gasteiger partial charge on any atom is 0.315 e. The summed E-state index contributed by atoms with van der Waals surface area (Å²) in [7, 11) is 0. The van der Waals surface area contributed by atoms with E-state index >= 15 is 0 Å². The van der Waals surface area contributed by atoms with Gasteiger partial charge in [-0.2, -0.15) is 11.8 Å². The average Bonchev–Trinajstić information content (AvgIpc) is 3.10. The van der Waals surface area contributed by atoms with Gasteiger partial charge in [0.2, 0.25) is 0 Å². The van der Waals surface area contributed by atoms with Gasteiger partial charge in [-0.25, -0.2) is 4.79 Å². The van der Waals surface area contributed by atoms with Crippen LogP contribution in [0.2, 0.25) is 0 Å². The number of ketones is 1. The molecular formula is C16H29N3O4S. The Morgan fingerprint density at radius 2 is 1.92 bits per heavy atom. The van der Waals surface area contributed by atoms with E-state index in [1.54, 1.807) is 0 Å². The lowest BCUT2D eigenvalue weighted by Gasteiger charge is -2.16. The fourth-order valence-corrected chi connectivity index (χ4v) is 4.57. The molecule has 2 aliphatic rings. The Bertz CT molecular complexity index is 411. The molecule has 0 saturated carbocycles. The van der Waals surface area contributed by atoms with Gasteiger partial charge in [0.25, 0.3) is 0 Å². The third-order valence-corrected chi connectivity index (χ3v) is 5.80. The molecule has 2 amide bonds. The molecule has 0 aliphatic carbocycles. The lowest BCUT2D eigenvalue weighted by atomic mass is 10.0. The highest BCUT2D eigenvalue weighted by Gasteiger charge is 2.42. The van der Waals surface area contributed by atoms with Gasteiger partial charge < -0.3 is 25.8 Å². The van der Waals surface area contributed by atoms with Crippen LogP contribution in [0.1, 0.15) is 32.1 Å². The van der Waals surface area contributed by atoms with Crippen molar-refractivity contribution in [2.45, 2.75) is 49.4 Å². The fraction of sp³-hybridized carbons (Fsp3) is 0.875. The number of urea groups is 1. The zero-order valence-corrected chi connectivity index (χ0v) is 14.9. The Kier molecular flexibility index (Phi) is 8.87. The minimum atomic E-state index is -0.0427. The molecule has 0 aromatic heterocycles. The summed E-state index contributed by atoms with van der Waals surface area (Å²) in [5.41, 5.74) is 5.31. The number of fused-ring (bicyclic) bond motifs is 1. The second-order valence-corrected chi connectivity index (χ2v) is 7.44. The predicted molar refractivity (Wildman–Crippen MR) is 94.3 cm³/mol. The van der Waals surface area contributed by atoms with E-state index in [0.29, 0.717) is 51.1 Å². The molecule has 4 N–H and O–H groups in total. The van der Waals surface area contributed by atoms with Crippen molar-refractivity contribution < 1.29 is 19.1 Å². The molecule has 0 aromatic rings. The minimum absolute atomic E-state index is 0.0427. The standard InChI is InChI=1S/C16H29N3O4S/c17-6-8-23-10-9-22-7-5-12(20)3-1-2-4-14-15-13(11-24-14)18-16(21)19-15/h13-15H,1-11,17H2,(H2,18,19,21)/t13-,14-,15-/m0/s1. The summed E-state index contributed by atoms with van der Waals surface area (Å²) in [6, 6.07) is 0.493. The average molecular weight is 359 g/mol. The van der Waals surface area contributed by atoms with Crippen molar-refractivity contribution in [3.63, 3.8) is 0 Å². The summed E-state index contributed by atoms with van der Waals surface area (Å²) in [5.74, 6) is 1.24. The van der Waals surface area contributed by atoms with Crippen LogP contribution in [-0.4, -0.2) is 67.9 Å². The number of carbonyl (C=O) groups is 2. The zero-order chi connectivity index (χ0) is 17.2. The van der Waals surface area contributed by atoms with Crippen LogP contribution in [-0.2, 0) is 14.3 Å². The van der Waals surface area contributed by atoms with Crippen molar-refractivity contribution >= 4 is 23.6 Å². The van der Waals surface area contributed by atoms with Crippen molar-refractivity contribution in [1.82, 2.24) is 10.6 Å². The second kappa shape index (κ2) is 10.9. The monoisotopic (exact) mass is 359 g/mol. The van der Waals surface area contributed by atoms with E-state index < -0.39 is 0 Å². The number of Topliss-reactive ketones (excluding diaryl/α,β-unsaturated/α-hetero) is 1. The van der Waals surface area contributed by atoms with Crippen LogP contribution in [0.4, 0.5) is 4.79 Å². The molecule has 2 aliphatic heterocycles. The summed E-state index contributed by atoms with van der Waals surface area (Å²) >= 11 is 1.92. The third-order valence-electron chi connectivity index (χ3n) is 4.29. The van der Waals surface area contributed by atoms with Crippen LogP contribution in [0, 0.1) is 0 Å². The Balaban J connectivity index is 1.43. The van der Waals surface area contributed by atoms with Gasteiger partial charge in [0.05, 0.1) is 38.5 Å². The van der Waals surface area contributed by atoms with Gasteiger partial charge in [-0.05, 0) is 12.8 Å². The van der Waals surface area contributed by atoms with Gasteiger partial charge in [0, 0.05) is 30.4 Å². The first kappa shape index (κ1) is 19.5. The number of nitrogens with two attached hydrogens (primary N) is 1. The van der Waals surface area contributed by atoms with E-state index in [0.717, 1.165) is 25.0 Å². The Hall–Kier alpha value is -0.830. The molecule has 2 rings (SSSR count). The molecule has 8 heteroatoms. The Morgan fingerprint density at radius 1 is 1.12 bits per heavy atom. The molecular weight excluding hydrogens is 330 g/mol. The molecule has 2 fully saturated rings. The van der Waals surface area contributed by atoms with Crippen LogP contribution in [0.15, 0.2) is 0 Å². The fourth-order valence-electron chi connectivity index (χ4n) is 3.03. The number of unbranched alkanes of at least 4 members (excludes halogenated alkanes) is 1. The van der Waals surface area contributed by atoms with Gasteiger partial charge in [-0.3, -0.25) is 4.79 Å². The molecule has 2 saturated heterocycles. The lowest BCUT2D eigenvalue weighted by Crippen LogP contribution is -2.36. The summed E-state index contributed by atoms with van der Waals surface area (Å²) in [6.45, 7) is 2.56. The SMILES string of the molecule is NCCOCCOCCC(=O)CCCC[C@@H]1SC[C@@H]2NC(=O)N[C@@H]21. The van der Waals surface area contributed by atoms with E-state index in [1.807, 2.05) is 11.8 Å². The number of thioether (sulfide) groups is 1. The maximum atomic E-state index is 11.8. The van der Waals surface area contributed by atoms with Crippen LogP contribution in [0.3, 0.4) is 0 Å². The number of rotatable bonds is 13. The van der Waals surface area contributed by atoms with Crippen molar-refractivity contribution in [1.29, 1.82) is 0 Å². The minimum Gasteiger partial charge on any atom is -0.379 e. The highest BCUT2D eigenvalue weighted by Crippen LogP contribution is 2.33. The van der Waals surface area contributed by atoms with Crippen molar-refractivity contribution in [2.24, 2.45) is 5.73 Å². The van der Waals surface area contributed by atoms with E-state index in [4.69, 9.17) is 15.2 Å². The molecule has 0 spiro atoms. The summed E-state index contributed by atoms with van der Waals surface area (Å²) in [5, 5.41) is 6.41. The van der Waals surface area contributed by atoms with E-state index in [1.165, 1.54) is 0 Å². The lowest BCUT2D eigenvalue weighted by molar-refractivity contribution is -0.120. The summed E-state index contributed by atoms with van der Waals surface area (Å²) < 4.78 is 10.5. The van der Waals surface area contributed by atoms with Crippen molar-refractivity contribution in [3.8, 4) is 0 Å². The molecule has 3 atom stereocenters. The summed E-state index contributed by atoms with van der Waals surface area (Å²) in [4.78, 5) is 23.1. The van der Waals surface area contributed by atoms with Crippen LogP contribution < -0.4 is 16.4 Å². The highest BCUT2D eigenvalue weighted by molar-refractivity contribution is 8.00. The van der Waals surface area contributed by atoms with Crippen LogP contribution in [0.5, 0.6) is 0 Å². The molecule has 2 heterocycles. The van der Waals surface area contributed by atoms with Gasteiger partial charge in [0.1, 0.15) is 5.78 Å². The van der Waals surface area contributed by atoms with Crippen molar-refractivity contribution in [2.75, 3.05) is 38.7 Å². The van der Waals surface area contributed by atoms with Crippen LogP contribution >= 0.6 is 11.8 Å². The smallest absolute Gasteiger partial charge is 0.315 e. The molecule has 0 radical (unpaired) electrons. The quantitative estimate of drug-likeness (QED) is 0.330. The van der Waals surface area contributed by atoms with E-state index in [9.17, 15) is 9.59 Å². The number of hydrogen-bond acceptors (Lipinski definition) is 6. The molecule has 7 nitrogen and oxygen atoms in total. The number of ether oxygens (including phenoxy) is 2. The predicted octanol–water partition coefficient (Wildman–Crippen LogP) is 0.663. The summed E-state index contributed by atoms with van der Waals surface area (Å²) in [6.07, 6.45) is 4.07. The largest absolute Gasteiger partial charge is 0.379 e. The topological polar surface area (TPSA) is 103 Å². The maximum absolute atomic E-state index is 11.8. The normalized spacial score (nSPS) is 25.4. The van der Waals surface area contributed by atoms with Gasteiger partial charge in [0.15, 0.2) is 0 Å². The van der Waals surface area contributed by atoms with Crippen LogP contribution in [0.25, 0.3) is 0 Å². The van der Waals surface area contributed by atoms with E-state index in [2.05, 4.69) is 10.6 Å². The molecule has 0 unspecified atom stereocenters. The zero-order valence-electron chi connectivity index (χ0n) is 14.1. The van der Waals surface area contributed by atoms with Crippen molar-refractivity contribution in [3.05, 3.63) is 0 Å². The second-order valence-electron chi connectivity index (χ2n) is 6.17. The third kappa shape index (κ3) is 6.58. The first-order valence-corrected chi connectivity index (χ1v) is 9.81. The first-order chi connectivity index (χ1) is 11.7. The molecule has 24 heavy (non-hydrogen) atoms. The number of nitrogens with one attached hydrogen (secondary N) is 2. The first-order valence-electron chi connectivity index (χ1n) is 8.76.